The van der Waals surface area contributed by atoms with E-state index in [0.717, 1.165) is 6.54 Å². The van der Waals surface area contributed by atoms with Crippen LogP contribution >= 0.6 is 11.9 Å². The maximum absolute atomic E-state index is 5.75. The molecule has 0 aromatic rings. The van der Waals surface area contributed by atoms with Gasteiger partial charge in [0.25, 0.3) is 0 Å². The van der Waals surface area contributed by atoms with Gasteiger partial charge in [-0.05, 0) is 34.0 Å². The second-order valence-electron chi connectivity index (χ2n) is 4.33. The second kappa shape index (κ2) is 4.84. The smallest absolute Gasteiger partial charge is 0.163 e. The average Bonchev–Trinajstić information content (AvgIpc) is 2.41. The highest BCUT2D eigenvalue weighted by molar-refractivity contribution is 7.96. The van der Waals surface area contributed by atoms with Gasteiger partial charge < -0.3 is 9.47 Å². The van der Waals surface area contributed by atoms with Crippen LogP contribution in [-0.2, 0) is 9.47 Å². The SMILES string of the molecule is CSN(CC1COC(C)(C)O1)C(C)C. The van der Waals surface area contributed by atoms with Gasteiger partial charge in [-0.1, -0.05) is 11.9 Å². The molecule has 1 unspecified atom stereocenters. The minimum atomic E-state index is -0.397. The lowest BCUT2D eigenvalue weighted by molar-refractivity contribution is -0.139. The summed E-state index contributed by atoms with van der Waals surface area (Å²) in [6.07, 6.45) is 2.31. The van der Waals surface area contributed by atoms with Gasteiger partial charge in [0.2, 0.25) is 0 Å². The van der Waals surface area contributed by atoms with Gasteiger partial charge in [-0.15, -0.1) is 0 Å². The molecule has 1 aliphatic rings. The van der Waals surface area contributed by atoms with E-state index >= 15 is 0 Å². The first kappa shape index (κ1) is 12.3. The van der Waals surface area contributed by atoms with Crippen molar-refractivity contribution in [3.8, 4) is 0 Å². The minimum absolute atomic E-state index is 0.208. The Morgan fingerprint density at radius 1 is 1.50 bits per heavy atom. The standard InChI is InChI=1S/C10H21NO2S/c1-8(2)11(14-5)6-9-7-12-10(3,4)13-9/h8-9H,6-7H2,1-5H3. The third-order valence-electron chi connectivity index (χ3n) is 2.26. The Kier molecular flexibility index (Phi) is 4.25. The quantitative estimate of drug-likeness (QED) is 0.675. The molecule has 0 saturated carbocycles. The minimum Gasteiger partial charge on any atom is -0.348 e. The van der Waals surface area contributed by atoms with Crippen LogP contribution < -0.4 is 0 Å². The van der Waals surface area contributed by atoms with Gasteiger partial charge in [0.05, 0.1) is 12.7 Å². The fraction of sp³-hybridized carbons (Fsp3) is 1.00. The number of ether oxygens (including phenoxy) is 2. The lowest BCUT2D eigenvalue weighted by atomic mass is 10.3. The molecular weight excluding hydrogens is 198 g/mol. The molecule has 0 aromatic heterocycles. The van der Waals surface area contributed by atoms with Crippen LogP contribution in [0.1, 0.15) is 27.7 Å². The van der Waals surface area contributed by atoms with Gasteiger partial charge in [0.1, 0.15) is 0 Å². The lowest BCUT2D eigenvalue weighted by Crippen LogP contribution is -2.34. The third-order valence-corrected chi connectivity index (χ3v) is 3.30. The zero-order valence-corrected chi connectivity index (χ0v) is 10.6. The van der Waals surface area contributed by atoms with E-state index in [-0.39, 0.29) is 6.10 Å². The molecule has 3 nitrogen and oxygen atoms in total. The molecule has 84 valence electrons. The Morgan fingerprint density at radius 3 is 2.50 bits per heavy atom. The molecular formula is C10H21NO2S. The summed E-state index contributed by atoms with van der Waals surface area (Å²) in [6, 6.07) is 0.539. The molecule has 1 saturated heterocycles. The summed E-state index contributed by atoms with van der Waals surface area (Å²) in [6.45, 7) is 9.95. The fourth-order valence-electron chi connectivity index (χ4n) is 1.55. The number of rotatable bonds is 4. The Morgan fingerprint density at radius 2 is 2.14 bits per heavy atom. The van der Waals surface area contributed by atoms with Crippen molar-refractivity contribution >= 4 is 11.9 Å². The predicted molar refractivity (Wildman–Crippen MR) is 60.3 cm³/mol. The van der Waals surface area contributed by atoms with Crippen LogP contribution in [0.3, 0.4) is 0 Å². The summed E-state index contributed by atoms with van der Waals surface area (Å²) < 4.78 is 13.6. The highest BCUT2D eigenvalue weighted by atomic mass is 32.2. The topological polar surface area (TPSA) is 21.7 Å². The van der Waals surface area contributed by atoms with E-state index in [9.17, 15) is 0 Å². The molecule has 1 heterocycles. The zero-order chi connectivity index (χ0) is 10.8. The molecule has 1 atom stereocenters. The fourth-order valence-corrected chi connectivity index (χ4v) is 2.29. The van der Waals surface area contributed by atoms with E-state index in [4.69, 9.17) is 9.47 Å². The molecule has 1 aliphatic heterocycles. The first-order valence-corrected chi connectivity index (χ1v) is 6.25. The molecule has 0 bridgehead atoms. The van der Waals surface area contributed by atoms with Crippen molar-refractivity contribution in [3.63, 3.8) is 0 Å². The maximum Gasteiger partial charge on any atom is 0.163 e. The maximum atomic E-state index is 5.75. The van der Waals surface area contributed by atoms with Crippen LogP contribution in [0.25, 0.3) is 0 Å². The van der Waals surface area contributed by atoms with E-state index < -0.39 is 5.79 Å². The molecule has 0 aromatic carbocycles. The van der Waals surface area contributed by atoms with E-state index in [1.165, 1.54) is 0 Å². The molecule has 0 aliphatic carbocycles. The first-order valence-electron chi connectivity index (χ1n) is 5.07. The van der Waals surface area contributed by atoms with Gasteiger partial charge in [-0.2, -0.15) is 0 Å². The largest absolute Gasteiger partial charge is 0.348 e. The van der Waals surface area contributed by atoms with E-state index in [1.807, 2.05) is 13.8 Å². The van der Waals surface area contributed by atoms with Crippen molar-refractivity contribution in [3.05, 3.63) is 0 Å². The van der Waals surface area contributed by atoms with Crippen LogP contribution in [-0.4, -0.2) is 41.6 Å². The predicted octanol–water partition coefficient (Wildman–Crippen LogP) is 2.13. The molecule has 4 heteroatoms. The van der Waals surface area contributed by atoms with Crippen LogP contribution in [0.15, 0.2) is 0 Å². The Labute approximate surface area is 91.3 Å². The van der Waals surface area contributed by atoms with Gasteiger partial charge in [-0.3, -0.25) is 0 Å². The third kappa shape index (κ3) is 3.42. The molecule has 14 heavy (non-hydrogen) atoms. The van der Waals surface area contributed by atoms with Crippen LogP contribution in [0.5, 0.6) is 0 Å². The van der Waals surface area contributed by atoms with E-state index in [1.54, 1.807) is 11.9 Å². The summed E-state index contributed by atoms with van der Waals surface area (Å²) >= 11 is 1.76. The Hall–Kier alpha value is 0.230. The summed E-state index contributed by atoms with van der Waals surface area (Å²) in [7, 11) is 0. The van der Waals surface area contributed by atoms with Crippen molar-refractivity contribution < 1.29 is 9.47 Å². The molecule has 0 amide bonds. The van der Waals surface area contributed by atoms with E-state index in [0.29, 0.717) is 12.6 Å². The van der Waals surface area contributed by atoms with Crippen molar-refractivity contribution in [1.82, 2.24) is 4.31 Å². The second-order valence-corrected chi connectivity index (χ2v) is 5.16. The summed E-state index contributed by atoms with van der Waals surface area (Å²) in [5, 5.41) is 0. The van der Waals surface area contributed by atoms with Gasteiger partial charge in [0.15, 0.2) is 5.79 Å². The number of nitrogens with zero attached hydrogens (tertiary/aromatic N) is 1. The monoisotopic (exact) mass is 219 g/mol. The van der Waals surface area contributed by atoms with Gasteiger partial charge in [0, 0.05) is 12.6 Å². The molecule has 1 rings (SSSR count). The first-order chi connectivity index (χ1) is 6.44. The highest BCUT2D eigenvalue weighted by Gasteiger charge is 2.33. The normalized spacial score (nSPS) is 26.4. The zero-order valence-electron chi connectivity index (χ0n) is 9.74. The van der Waals surface area contributed by atoms with Crippen LogP contribution in [0.2, 0.25) is 0 Å². The summed E-state index contributed by atoms with van der Waals surface area (Å²) in [5.41, 5.74) is 0. The number of hydrogen-bond donors (Lipinski definition) is 0. The molecule has 1 fully saturated rings. The molecule has 0 spiro atoms. The van der Waals surface area contributed by atoms with E-state index in [2.05, 4.69) is 24.4 Å². The lowest BCUT2D eigenvalue weighted by Gasteiger charge is -2.26. The van der Waals surface area contributed by atoms with Crippen molar-refractivity contribution in [1.29, 1.82) is 0 Å². The van der Waals surface area contributed by atoms with Gasteiger partial charge >= 0.3 is 0 Å². The van der Waals surface area contributed by atoms with Crippen molar-refractivity contribution in [2.45, 2.75) is 45.6 Å². The molecule has 0 N–H and O–H groups in total. The highest BCUT2D eigenvalue weighted by Crippen LogP contribution is 2.24. The Bertz CT molecular complexity index is 185. The van der Waals surface area contributed by atoms with Crippen LogP contribution in [0, 0.1) is 0 Å². The average molecular weight is 219 g/mol. The molecule has 0 radical (unpaired) electrons. The number of hydrogen-bond acceptors (Lipinski definition) is 4. The van der Waals surface area contributed by atoms with Gasteiger partial charge in [-0.25, -0.2) is 4.31 Å². The van der Waals surface area contributed by atoms with Crippen molar-refractivity contribution in [2.24, 2.45) is 0 Å². The van der Waals surface area contributed by atoms with Crippen LogP contribution in [0.4, 0.5) is 0 Å². The van der Waals surface area contributed by atoms with Crippen molar-refractivity contribution in [2.75, 3.05) is 19.4 Å². The Balaban J connectivity index is 2.38. The summed E-state index contributed by atoms with van der Waals surface area (Å²) in [5.74, 6) is -0.397. The summed E-state index contributed by atoms with van der Waals surface area (Å²) in [4.78, 5) is 0.